The van der Waals surface area contributed by atoms with Crippen LogP contribution in [0.1, 0.15) is 11.3 Å². The van der Waals surface area contributed by atoms with Crippen LogP contribution in [0.15, 0.2) is 34.7 Å². The number of hydrogen-bond acceptors (Lipinski definition) is 2. The minimum absolute atomic E-state index is 0.308. The van der Waals surface area contributed by atoms with Crippen molar-refractivity contribution >= 4 is 17.3 Å². The molecule has 0 atom stereocenters. The van der Waals surface area contributed by atoms with E-state index in [2.05, 4.69) is 0 Å². The van der Waals surface area contributed by atoms with E-state index in [4.69, 9.17) is 21.8 Å². The summed E-state index contributed by atoms with van der Waals surface area (Å²) in [5, 5.41) is 0.319. The van der Waals surface area contributed by atoms with Crippen LogP contribution in [-0.4, -0.2) is 0 Å². The van der Waals surface area contributed by atoms with Gasteiger partial charge in [0.15, 0.2) is 5.22 Å². The fourth-order valence-corrected chi connectivity index (χ4v) is 1.52. The van der Waals surface area contributed by atoms with Gasteiger partial charge in [0, 0.05) is 12.1 Å². The molecule has 1 aromatic heterocycles. The minimum Gasteiger partial charge on any atom is -0.449 e. The van der Waals surface area contributed by atoms with Gasteiger partial charge in [-0.25, -0.2) is 4.39 Å². The second-order valence-corrected chi connectivity index (χ2v) is 3.60. The second-order valence-electron chi connectivity index (χ2n) is 3.23. The van der Waals surface area contributed by atoms with E-state index in [0.29, 0.717) is 28.7 Å². The van der Waals surface area contributed by atoms with E-state index in [1.807, 2.05) is 0 Å². The predicted octanol–water partition coefficient (Wildman–Crippen LogP) is 3.25. The molecular weight excluding hydrogens is 217 g/mol. The number of nitrogen functional groups attached to an aromatic ring is 1. The summed E-state index contributed by atoms with van der Waals surface area (Å²) in [6.45, 7) is 0. The smallest absolute Gasteiger partial charge is 0.193 e. The van der Waals surface area contributed by atoms with Gasteiger partial charge in [-0.1, -0.05) is 0 Å². The van der Waals surface area contributed by atoms with Gasteiger partial charge >= 0.3 is 0 Å². The van der Waals surface area contributed by atoms with Crippen molar-refractivity contribution in [2.75, 3.05) is 5.73 Å². The third kappa shape index (κ3) is 2.30. The first-order valence-electron chi connectivity index (χ1n) is 4.43. The molecule has 78 valence electrons. The van der Waals surface area contributed by atoms with Crippen LogP contribution in [-0.2, 0) is 6.42 Å². The highest BCUT2D eigenvalue weighted by Crippen LogP contribution is 2.20. The highest BCUT2D eigenvalue weighted by atomic mass is 35.5. The molecule has 0 bridgehead atoms. The molecule has 0 aliphatic carbocycles. The lowest BCUT2D eigenvalue weighted by Gasteiger charge is -2.03. The Kier molecular flexibility index (Phi) is 2.64. The van der Waals surface area contributed by atoms with Gasteiger partial charge in [0.25, 0.3) is 0 Å². The Morgan fingerprint density at radius 1 is 1.27 bits per heavy atom. The molecule has 1 heterocycles. The molecule has 0 spiro atoms. The van der Waals surface area contributed by atoms with Crippen molar-refractivity contribution in [3.05, 3.63) is 52.7 Å². The molecule has 0 saturated heterocycles. The number of rotatable bonds is 2. The molecule has 2 N–H and O–H groups in total. The van der Waals surface area contributed by atoms with Crippen molar-refractivity contribution in [3.8, 4) is 0 Å². The first kappa shape index (κ1) is 10.1. The van der Waals surface area contributed by atoms with Gasteiger partial charge < -0.3 is 10.2 Å². The number of hydrogen-bond donors (Lipinski definition) is 1. The van der Waals surface area contributed by atoms with Crippen molar-refractivity contribution in [3.63, 3.8) is 0 Å². The summed E-state index contributed by atoms with van der Waals surface area (Å²) in [7, 11) is 0. The Bertz CT molecular complexity index is 481. The van der Waals surface area contributed by atoms with Crippen molar-refractivity contribution in [1.29, 1.82) is 0 Å². The van der Waals surface area contributed by atoms with E-state index < -0.39 is 0 Å². The van der Waals surface area contributed by atoms with E-state index >= 15 is 0 Å². The standard InChI is InChI=1S/C11H9ClFNO/c12-11-4-2-9(15-11)6-7-5-8(13)1-3-10(7)14/h1-5H,6,14H2. The average molecular weight is 226 g/mol. The molecule has 0 unspecified atom stereocenters. The Morgan fingerprint density at radius 3 is 2.73 bits per heavy atom. The van der Waals surface area contributed by atoms with Gasteiger partial charge in [0.2, 0.25) is 0 Å². The van der Waals surface area contributed by atoms with Gasteiger partial charge in [-0.15, -0.1) is 0 Å². The van der Waals surface area contributed by atoms with Crippen LogP contribution in [0.4, 0.5) is 10.1 Å². The van der Waals surface area contributed by atoms with Crippen molar-refractivity contribution in [2.45, 2.75) is 6.42 Å². The summed E-state index contributed by atoms with van der Waals surface area (Å²) < 4.78 is 18.1. The molecule has 4 heteroatoms. The van der Waals surface area contributed by atoms with Crippen LogP contribution >= 0.6 is 11.6 Å². The van der Waals surface area contributed by atoms with E-state index in [1.54, 1.807) is 12.1 Å². The summed E-state index contributed by atoms with van der Waals surface area (Å²) in [5.41, 5.74) is 6.94. The highest BCUT2D eigenvalue weighted by Gasteiger charge is 2.05. The highest BCUT2D eigenvalue weighted by molar-refractivity contribution is 6.28. The Labute approximate surface area is 91.5 Å². The Hall–Kier alpha value is -1.48. The van der Waals surface area contributed by atoms with Gasteiger partial charge in [-0.2, -0.15) is 0 Å². The van der Waals surface area contributed by atoms with Crippen molar-refractivity contribution in [2.24, 2.45) is 0 Å². The zero-order valence-corrected chi connectivity index (χ0v) is 8.59. The summed E-state index contributed by atoms with van der Waals surface area (Å²) in [4.78, 5) is 0. The number of nitrogens with two attached hydrogens (primary N) is 1. The van der Waals surface area contributed by atoms with Crippen molar-refractivity contribution < 1.29 is 8.81 Å². The van der Waals surface area contributed by atoms with E-state index in [1.165, 1.54) is 18.2 Å². The Balaban J connectivity index is 2.27. The maximum Gasteiger partial charge on any atom is 0.193 e. The van der Waals surface area contributed by atoms with E-state index in [9.17, 15) is 4.39 Å². The predicted molar refractivity (Wildman–Crippen MR) is 57.3 cm³/mol. The quantitative estimate of drug-likeness (QED) is 0.797. The lowest BCUT2D eigenvalue weighted by molar-refractivity contribution is 0.522. The number of benzene rings is 1. The third-order valence-corrected chi connectivity index (χ3v) is 2.30. The molecule has 0 aliphatic heterocycles. The molecule has 0 amide bonds. The van der Waals surface area contributed by atoms with Crippen LogP contribution in [0.5, 0.6) is 0 Å². The monoisotopic (exact) mass is 225 g/mol. The van der Waals surface area contributed by atoms with Gasteiger partial charge in [0.05, 0.1) is 0 Å². The molecule has 2 aromatic rings. The summed E-state index contributed by atoms with van der Waals surface area (Å²) in [6, 6.07) is 7.65. The van der Waals surface area contributed by atoms with Gasteiger partial charge in [0.1, 0.15) is 11.6 Å². The van der Waals surface area contributed by atoms with Crippen LogP contribution in [0, 0.1) is 5.82 Å². The molecule has 0 radical (unpaired) electrons. The van der Waals surface area contributed by atoms with Crippen molar-refractivity contribution in [1.82, 2.24) is 0 Å². The SMILES string of the molecule is Nc1ccc(F)cc1Cc1ccc(Cl)o1. The second kappa shape index (κ2) is 3.95. The average Bonchev–Trinajstić information content (AvgIpc) is 2.58. The molecular formula is C11H9ClFNO. The fourth-order valence-electron chi connectivity index (χ4n) is 1.36. The fraction of sp³-hybridized carbons (Fsp3) is 0.0909. The van der Waals surface area contributed by atoms with E-state index in [-0.39, 0.29) is 5.82 Å². The van der Waals surface area contributed by atoms with Crippen LogP contribution < -0.4 is 5.73 Å². The largest absolute Gasteiger partial charge is 0.449 e. The molecule has 0 aliphatic rings. The lowest BCUT2D eigenvalue weighted by Crippen LogP contribution is -1.95. The summed E-state index contributed by atoms with van der Waals surface area (Å²) in [5.74, 6) is 0.356. The molecule has 2 rings (SSSR count). The topological polar surface area (TPSA) is 39.2 Å². The molecule has 1 aromatic carbocycles. The number of anilines is 1. The van der Waals surface area contributed by atoms with Gasteiger partial charge in [-0.3, -0.25) is 0 Å². The molecule has 2 nitrogen and oxygen atoms in total. The first-order valence-corrected chi connectivity index (χ1v) is 4.81. The maximum atomic E-state index is 12.9. The normalized spacial score (nSPS) is 10.5. The maximum absolute atomic E-state index is 12.9. The van der Waals surface area contributed by atoms with Gasteiger partial charge in [-0.05, 0) is 47.5 Å². The summed E-state index contributed by atoms with van der Waals surface area (Å²) in [6.07, 6.45) is 0.441. The first-order chi connectivity index (χ1) is 7.15. The lowest BCUT2D eigenvalue weighted by atomic mass is 10.1. The van der Waals surface area contributed by atoms with Crippen LogP contribution in [0.2, 0.25) is 5.22 Å². The van der Waals surface area contributed by atoms with E-state index in [0.717, 1.165) is 0 Å². The van der Waals surface area contributed by atoms with Crippen LogP contribution in [0.25, 0.3) is 0 Å². The summed E-state index contributed by atoms with van der Waals surface area (Å²) >= 11 is 5.63. The molecule has 0 fully saturated rings. The zero-order valence-electron chi connectivity index (χ0n) is 7.84. The number of furan rings is 1. The van der Waals surface area contributed by atoms with Crippen LogP contribution in [0.3, 0.4) is 0 Å². The third-order valence-electron chi connectivity index (χ3n) is 2.10. The molecule has 0 saturated carbocycles. The zero-order chi connectivity index (χ0) is 10.8. The molecule has 15 heavy (non-hydrogen) atoms. The number of halogens is 2. The minimum atomic E-state index is -0.308. The Morgan fingerprint density at radius 2 is 2.07 bits per heavy atom.